The van der Waals surface area contributed by atoms with Gasteiger partial charge in [0.1, 0.15) is 6.67 Å². The Hall–Kier alpha value is -2.46. The van der Waals surface area contributed by atoms with Gasteiger partial charge in [0.05, 0.1) is 16.5 Å². The third-order valence-corrected chi connectivity index (χ3v) is 3.82. The van der Waals surface area contributed by atoms with Gasteiger partial charge in [0, 0.05) is 13.1 Å². The molecule has 23 heavy (non-hydrogen) atoms. The average Bonchev–Trinajstić information content (AvgIpc) is 3.14. The molecule has 1 aliphatic heterocycles. The first-order valence-electron chi connectivity index (χ1n) is 6.63. The van der Waals surface area contributed by atoms with Crippen molar-refractivity contribution in [2.45, 2.75) is 18.5 Å². The number of hydrogen-bond donors (Lipinski definition) is 0. The number of hydrogen-bond acceptors (Lipinski definition) is 6. The Morgan fingerprint density at radius 2 is 2.04 bits per heavy atom. The summed E-state index contributed by atoms with van der Waals surface area (Å²) in [6.45, 7) is 0.110. The molecule has 0 bridgehead atoms. The molecule has 0 spiro atoms. The summed E-state index contributed by atoms with van der Waals surface area (Å²) in [5, 5.41) is 20.9. The largest absolute Gasteiger partial charge is 0.392 e. The molecule has 0 aromatic heterocycles. The van der Waals surface area contributed by atoms with Gasteiger partial charge in [-0.05, 0) is 29.2 Å². The lowest BCUT2D eigenvalue weighted by atomic mass is 10.0. The molecule has 1 aromatic carbocycles. The van der Waals surface area contributed by atoms with Gasteiger partial charge in [-0.2, -0.15) is 17.6 Å². The minimum Gasteiger partial charge on any atom is -0.258 e. The summed E-state index contributed by atoms with van der Waals surface area (Å²) in [6, 6.07) is 1.71. The number of halogens is 4. The van der Waals surface area contributed by atoms with Crippen LogP contribution in [0.25, 0.3) is 0 Å². The molecular weight excluding hydrogens is 322 g/mol. The molecule has 2 aliphatic rings. The van der Waals surface area contributed by atoms with Crippen LogP contribution in [0.1, 0.15) is 17.9 Å². The number of nitro groups is 1. The first-order valence-corrected chi connectivity index (χ1v) is 6.63. The summed E-state index contributed by atoms with van der Waals surface area (Å²) in [5.41, 5.74) is -0.676. The van der Waals surface area contributed by atoms with Crippen LogP contribution in [0, 0.1) is 21.8 Å². The van der Waals surface area contributed by atoms with Gasteiger partial charge in [0.25, 0.3) is 0 Å². The van der Waals surface area contributed by atoms with E-state index in [-0.39, 0.29) is 24.3 Å². The first-order chi connectivity index (χ1) is 10.7. The Kier molecular flexibility index (Phi) is 3.38. The molecule has 0 saturated heterocycles. The highest BCUT2D eigenvalue weighted by Crippen LogP contribution is 2.58. The molecule has 1 fully saturated rings. The van der Waals surface area contributed by atoms with Gasteiger partial charge >= 0.3 is 11.9 Å². The van der Waals surface area contributed by atoms with Crippen LogP contribution in [0.3, 0.4) is 0 Å². The number of anilines is 1. The summed E-state index contributed by atoms with van der Waals surface area (Å²) in [6.07, 6.45) is -4.56. The Morgan fingerprint density at radius 1 is 1.35 bits per heavy atom. The maximum Gasteiger partial charge on any atom is 0.392 e. The van der Waals surface area contributed by atoms with Crippen molar-refractivity contribution >= 4 is 11.4 Å². The summed E-state index contributed by atoms with van der Waals surface area (Å²) in [7, 11) is 1.58. The molecule has 1 aromatic rings. The van der Waals surface area contributed by atoms with E-state index in [0.29, 0.717) is 0 Å². The van der Waals surface area contributed by atoms with Crippen LogP contribution in [-0.2, 0) is 0 Å². The zero-order valence-electron chi connectivity index (χ0n) is 11.8. The number of benzene rings is 1. The van der Waals surface area contributed by atoms with Crippen LogP contribution in [-0.4, -0.2) is 29.8 Å². The van der Waals surface area contributed by atoms with Crippen molar-refractivity contribution in [2.24, 2.45) is 16.4 Å². The van der Waals surface area contributed by atoms with E-state index in [4.69, 9.17) is 0 Å². The second-order valence-corrected chi connectivity index (χ2v) is 5.49. The monoisotopic (exact) mass is 333 g/mol. The van der Waals surface area contributed by atoms with Gasteiger partial charge in [-0.25, -0.2) is 5.01 Å². The zero-order chi connectivity index (χ0) is 16.9. The second-order valence-electron chi connectivity index (χ2n) is 5.49. The van der Waals surface area contributed by atoms with Gasteiger partial charge in [-0.1, -0.05) is 5.22 Å². The summed E-state index contributed by atoms with van der Waals surface area (Å²) in [5.74, 6) is -3.66. The fourth-order valence-electron chi connectivity index (χ4n) is 2.62. The van der Waals surface area contributed by atoms with E-state index in [9.17, 15) is 27.7 Å². The lowest BCUT2D eigenvalue weighted by Gasteiger charge is -2.18. The fraction of sp³-hybridized carbons (Fsp3) is 0.500. The van der Waals surface area contributed by atoms with E-state index < -0.39 is 34.4 Å². The summed E-state index contributed by atoms with van der Waals surface area (Å²) < 4.78 is 52.2. The number of nitro benzene ring substituents is 1. The van der Waals surface area contributed by atoms with Crippen LogP contribution in [0.5, 0.6) is 0 Å². The predicted molar refractivity (Wildman–Crippen MR) is 69.9 cm³/mol. The molecule has 0 radical (unpaired) electrons. The van der Waals surface area contributed by atoms with E-state index in [1.165, 1.54) is 10.0 Å². The van der Waals surface area contributed by atoms with Crippen molar-refractivity contribution in [1.29, 1.82) is 0 Å². The molecule has 2 atom stereocenters. The van der Waals surface area contributed by atoms with Crippen LogP contribution < -0.4 is 5.01 Å². The van der Waals surface area contributed by atoms with Crippen LogP contribution in [0.15, 0.2) is 22.6 Å². The average molecular weight is 333 g/mol. The van der Waals surface area contributed by atoms with Gasteiger partial charge in [-0.3, -0.25) is 15.1 Å². The van der Waals surface area contributed by atoms with Crippen LogP contribution >= 0.6 is 0 Å². The van der Waals surface area contributed by atoms with E-state index in [0.717, 1.165) is 12.1 Å². The third-order valence-electron chi connectivity index (χ3n) is 3.82. The van der Waals surface area contributed by atoms with Crippen molar-refractivity contribution in [3.63, 3.8) is 0 Å². The van der Waals surface area contributed by atoms with Crippen LogP contribution in [0.2, 0.25) is 0 Å². The molecule has 0 N–H and O–H groups in total. The lowest BCUT2D eigenvalue weighted by molar-refractivity contribution is -0.387. The highest BCUT2D eigenvalue weighted by molar-refractivity contribution is 5.62. The highest BCUT2D eigenvalue weighted by atomic mass is 19.4. The fourth-order valence-corrected chi connectivity index (χ4v) is 2.62. The van der Waals surface area contributed by atoms with Crippen LogP contribution in [0.4, 0.5) is 28.9 Å². The number of alkyl halides is 3. The van der Waals surface area contributed by atoms with Crippen molar-refractivity contribution in [1.82, 2.24) is 5.01 Å². The number of nitrogens with zero attached hydrogens (tertiary/aromatic N) is 5. The number of rotatable bonds is 3. The molecule has 11 heteroatoms. The molecule has 0 unspecified atom stereocenters. The van der Waals surface area contributed by atoms with Crippen molar-refractivity contribution in [2.75, 3.05) is 18.7 Å². The topological polar surface area (TPSA) is 74.3 Å². The Labute approximate surface area is 127 Å². The van der Waals surface area contributed by atoms with Gasteiger partial charge in [0.15, 0.2) is 0 Å². The smallest absolute Gasteiger partial charge is 0.258 e. The van der Waals surface area contributed by atoms with Gasteiger partial charge < -0.3 is 0 Å². The van der Waals surface area contributed by atoms with E-state index in [1.807, 2.05) is 0 Å². The lowest BCUT2D eigenvalue weighted by Crippen LogP contribution is -2.23. The minimum absolute atomic E-state index is 0.0599. The van der Waals surface area contributed by atoms with Crippen molar-refractivity contribution in [3.05, 3.63) is 33.6 Å². The molecular formula is C12H11F4N5O2. The molecule has 0 amide bonds. The molecule has 3 rings (SSSR count). The summed E-state index contributed by atoms with van der Waals surface area (Å²) in [4.78, 5) is 9.95. The first kappa shape index (κ1) is 15.4. The zero-order valence-corrected chi connectivity index (χ0v) is 11.8. The SMILES string of the molecule is CN1CN(c2cc([N+](=O)[O-])c(F)cc2[C@@H]2C[C@H]2C(F)(F)F)N=N1. The molecule has 1 saturated carbocycles. The quantitative estimate of drug-likeness (QED) is 0.483. The standard InChI is InChI=1S/C12H11F4N5O2/c1-19-5-20(18-17-19)10-4-11(21(22)23)9(13)3-7(10)6-2-8(6)12(14,15)16/h3-4,6,8H,2,5H2,1H3/t6-,8+/m0/s1. The van der Waals surface area contributed by atoms with E-state index in [2.05, 4.69) is 10.4 Å². The second kappa shape index (κ2) is 5.03. The Balaban J connectivity index is 2.03. The molecule has 7 nitrogen and oxygen atoms in total. The Bertz CT molecular complexity index is 693. The predicted octanol–water partition coefficient (Wildman–Crippen LogP) is 3.39. The van der Waals surface area contributed by atoms with Crippen molar-refractivity contribution in [3.8, 4) is 0 Å². The third kappa shape index (κ3) is 2.78. The highest BCUT2D eigenvalue weighted by Gasteiger charge is 2.57. The van der Waals surface area contributed by atoms with E-state index in [1.54, 1.807) is 7.05 Å². The van der Waals surface area contributed by atoms with Gasteiger partial charge in [-0.15, -0.1) is 0 Å². The normalized spacial score (nSPS) is 23.5. The maximum atomic E-state index is 13.9. The molecule has 1 aliphatic carbocycles. The minimum atomic E-state index is -4.39. The summed E-state index contributed by atoms with van der Waals surface area (Å²) >= 11 is 0. The molecule has 1 heterocycles. The van der Waals surface area contributed by atoms with Gasteiger partial charge in [0.2, 0.25) is 5.82 Å². The van der Waals surface area contributed by atoms with Crippen molar-refractivity contribution < 1.29 is 22.5 Å². The maximum absolute atomic E-state index is 13.9. The molecule has 124 valence electrons. The Morgan fingerprint density at radius 3 is 2.52 bits per heavy atom. The van der Waals surface area contributed by atoms with E-state index >= 15 is 0 Å².